The Labute approximate surface area is 231 Å². The van der Waals surface area contributed by atoms with Gasteiger partial charge in [-0.2, -0.15) is 0 Å². The minimum atomic E-state index is -3.90. The summed E-state index contributed by atoms with van der Waals surface area (Å²) in [5.41, 5.74) is -0.114. The first-order chi connectivity index (χ1) is 17.9. The highest BCUT2D eigenvalue weighted by Gasteiger charge is 2.48. The van der Waals surface area contributed by atoms with Crippen molar-refractivity contribution >= 4 is 33.0 Å². The van der Waals surface area contributed by atoms with Crippen molar-refractivity contribution in [3.63, 3.8) is 0 Å². The number of rotatable bonds is 6. The Morgan fingerprint density at radius 3 is 2.21 bits per heavy atom. The summed E-state index contributed by atoms with van der Waals surface area (Å²) in [6.07, 6.45) is 5.85. The van der Waals surface area contributed by atoms with Crippen molar-refractivity contribution in [1.29, 1.82) is 0 Å². The van der Waals surface area contributed by atoms with Gasteiger partial charge in [0.2, 0.25) is 5.91 Å². The monoisotopic (exact) mass is 563 g/mol. The Kier molecular flexibility index (Phi) is 8.61. The fraction of sp³-hybridized carbons (Fsp3) is 0.567. The summed E-state index contributed by atoms with van der Waals surface area (Å²) >= 11 is 6.01. The lowest BCUT2D eigenvalue weighted by atomic mass is 9.82. The number of benzene rings is 2. The lowest BCUT2D eigenvalue weighted by molar-refractivity contribution is -0.126. The van der Waals surface area contributed by atoms with Gasteiger partial charge in [-0.15, -0.1) is 0 Å². The highest BCUT2D eigenvalue weighted by Crippen LogP contribution is 2.45. The van der Waals surface area contributed by atoms with E-state index >= 15 is 4.39 Å². The van der Waals surface area contributed by atoms with Crippen molar-refractivity contribution < 1.29 is 22.3 Å². The third-order valence-electron chi connectivity index (χ3n) is 8.27. The number of amides is 1. The van der Waals surface area contributed by atoms with Crippen LogP contribution in [0, 0.1) is 17.2 Å². The molecule has 1 aliphatic carbocycles. The van der Waals surface area contributed by atoms with Crippen molar-refractivity contribution in [3.8, 4) is 0 Å². The molecule has 0 bridgehead atoms. The first-order valence-electron chi connectivity index (χ1n) is 13.6. The molecule has 1 heterocycles. The van der Waals surface area contributed by atoms with E-state index in [1.54, 1.807) is 29.2 Å². The number of ether oxygens (including phenoxy) is 1. The van der Waals surface area contributed by atoms with Crippen molar-refractivity contribution in [3.05, 3.63) is 58.9 Å². The molecule has 2 aliphatic rings. The molecule has 2 fully saturated rings. The lowest BCUT2D eigenvalue weighted by Crippen LogP contribution is -2.49. The maximum absolute atomic E-state index is 16.1. The minimum Gasteiger partial charge on any atom is -0.381 e. The molecule has 208 valence electrons. The summed E-state index contributed by atoms with van der Waals surface area (Å²) < 4.78 is 48.3. The maximum Gasteiger partial charge on any atom is 0.232 e. The second-order valence-electron chi connectivity index (χ2n) is 11.8. The number of hydrogen-bond donors (Lipinski definition) is 0. The molecule has 0 aromatic heterocycles. The number of sulfone groups is 1. The van der Waals surface area contributed by atoms with Crippen LogP contribution in [0.4, 0.5) is 10.1 Å². The van der Waals surface area contributed by atoms with Crippen molar-refractivity contribution in [1.82, 2.24) is 0 Å². The summed E-state index contributed by atoms with van der Waals surface area (Å²) in [5, 5.41) is 0.441. The number of hydrogen-bond acceptors (Lipinski definition) is 4. The molecule has 1 atom stereocenters. The fourth-order valence-corrected chi connectivity index (χ4v) is 8.15. The average molecular weight is 564 g/mol. The van der Waals surface area contributed by atoms with Crippen LogP contribution in [0.25, 0.3) is 0 Å². The van der Waals surface area contributed by atoms with Gasteiger partial charge in [-0.25, -0.2) is 12.8 Å². The van der Waals surface area contributed by atoms with E-state index in [2.05, 4.69) is 0 Å². The lowest BCUT2D eigenvalue weighted by Gasteiger charge is -2.40. The van der Waals surface area contributed by atoms with E-state index in [0.717, 1.165) is 25.7 Å². The topological polar surface area (TPSA) is 63.7 Å². The van der Waals surface area contributed by atoms with E-state index in [1.165, 1.54) is 24.6 Å². The van der Waals surface area contributed by atoms with Crippen LogP contribution in [-0.4, -0.2) is 33.6 Å². The Hall–Kier alpha value is -1.96. The van der Waals surface area contributed by atoms with Crippen molar-refractivity contribution in [2.45, 2.75) is 88.3 Å². The van der Waals surface area contributed by atoms with Crippen LogP contribution in [0.2, 0.25) is 5.02 Å². The molecule has 0 N–H and O–H groups in total. The highest BCUT2D eigenvalue weighted by atomic mass is 35.5. The largest absolute Gasteiger partial charge is 0.381 e. The number of carbonyl (C=O) groups is 1. The number of halogens is 2. The predicted octanol–water partition coefficient (Wildman–Crippen LogP) is 7.31. The quantitative estimate of drug-likeness (QED) is 0.370. The Morgan fingerprint density at radius 1 is 1.05 bits per heavy atom. The van der Waals surface area contributed by atoms with Gasteiger partial charge in [0.15, 0.2) is 9.84 Å². The van der Waals surface area contributed by atoms with Crippen molar-refractivity contribution in [2.75, 3.05) is 18.1 Å². The van der Waals surface area contributed by atoms with E-state index < -0.39 is 25.8 Å². The van der Waals surface area contributed by atoms with E-state index in [-0.39, 0.29) is 48.6 Å². The van der Waals surface area contributed by atoms with Gasteiger partial charge in [0.25, 0.3) is 0 Å². The molecular formula is C30H39ClFNO4S. The zero-order valence-corrected chi connectivity index (χ0v) is 24.4. The van der Waals surface area contributed by atoms with Gasteiger partial charge in [0.05, 0.1) is 10.6 Å². The third-order valence-corrected chi connectivity index (χ3v) is 11.1. The number of carbonyl (C=O) groups excluding carboxylic acids is 1. The average Bonchev–Trinajstić information content (AvgIpc) is 2.90. The molecular weight excluding hydrogens is 525 g/mol. The van der Waals surface area contributed by atoms with Crippen LogP contribution in [0.1, 0.15) is 78.2 Å². The van der Waals surface area contributed by atoms with Crippen LogP contribution < -0.4 is 4.90 Å². The normalized spacial score (nSPS) is 19.6. The number of anilines is 1. The van der Waals surface area contributed by atoms with E-state index in [9.17, 15) is 13.2 Å². The Morgan fingerprint density at radius 2 is 1.66 bits per heavy atom. The number of nitrogens with zero attached hydrogens (tertiary/aromatic N) is 1. The summed E-state index contributed by atoms with van der Waals surface area (Å²) in [7, 11) is -3.90. The highest BCUT2D eigenvalue weighted by molar-refractivity contribution is 7.92. The van der Waals surface area contributed by atoms with Gasteiger partial charge in [0, 0.05) is 29.7 Å². The Balaban J connectivity index is 1.79. The van der Waals surface area contributed by atoms with Crippen LogP contribution in [0.3, 0.4) is 0 Å². The maximum atomic E-state index is 16.1. The zero-order valence-electron chi connectivity index (χ0n) is 22.8. The molecule has 8 heteroatoms. The summed E-state index contributed by atoms with van der Waals surface area (Å²) in [6.45, 7) is 8.05. The first kappa shape index (κ1) is 29.0. The predicted molar refractivity (Wildman–Crippen MR) is 150 cm³/mol. The third kappa shape index (κ3) is 5.52. The second-order valence-corrected chi connectivity index (χ2v) is 14.5. The molecule has 0 radical (unpaired) electrons. The van der Waals surface area contributed by atoms with Gasteiger partial charge in [-0.1, -0.05) is 57.7 Å². The molecule has 5 nitrogen and oxygen atoms in total. The van der Waals surface area contributed by atoms with E-state index in [1.807, 2.05) is 27.7 Å². The van der Waals surface area contributed by atoms with Crippen LogP contribution in [0.5, 0.6) is 0 Å². The molecule has 1 saturated carbocycles. The molecule has 38 heavy (non-hydrogen) atoms. The van der Waals surface area contributed by atoms with Crippen LogP contribution >= 0.6 is 11.6 Å². The van der Waals surface area contributed by atoms with Gasteiger partial charge in [-0.05, 0) is 80.5 Å². The smallest absolute Gasteiger partial charge is 0.232 e. The van der Waals surface area contributed by atoms with Gasteiger partial charge >= 0.3 is 0 Å². The standard InChI is InChI=1S/C30H39ClFNO4S/c1-21(22-8-6-5-7-9-22)33(28(34)29(2,3)4)27-15-10-23(20-26(27)32)30(16-18-37-19-17-30)38(35,36)25-13-11-24(31)12-14-25/h10-15,20-22H,5-9,16-19H2,1-4H3. The van der Waals surface area contributed by atoms with E-state index in [0.29, 0.717) is 16.5 Å². The molecule has 1 aliphatic heterocycles. The molecule has 1 unspecified atom stereocenters. The van der Waals surface area contributed by atoms with Gasteiger partial charge in [0.1, 0.15) is 10.6 Å². The molecule has 1 amide bonds. The first-order valence-corrected chi connectivity index (χ1v) is 15.5. The molecule has 2 aromatic carbocycles. The van der Waals surface area contributed by atoms with E-state index in [4.69, 9.17) is 16.3 Å². The SMILES string of the molecule is CC(C1CCCCC1)N(C(=O)C(C)(C)C)c1ccc(C2(S(=O)(=O)c3ccc(Cl)cc3)CCOCC2)cc1F. The second kappa shape index (κ2) is 11.3. The molecule has 2 aromatic rings. The summed E-state index contributed by atoms with van der Waals surface area (Å²) in [4.78, 5) is 15.4. The van der Waals surface area contributed by atoms with Crippen LogP contribution in [0.15, 0.2) is 47.4 Å². The van der Waals surface area contributed by atoms with Crippen molar-refractivity contribution in [2.24, 2.45) is 11.3 Å². The summed E-state index contributed by atoms with van der Waals surface area (Å²) in [5.74, 6) is -0.432. The molecule has 4 rings (SSSR count). The molecule has 0 spiro atoms. The van der Waals surface area contributed by atoms with Crippen LogP contribution in [-0.2, 0) is 24.1 Å². The van der Waals surface area contributed by atoms with Gasteiger partial charge in [-0.3, -0.25) is 4.79 Å². The zero-order chi connectivity index (χ0) is 27.7. The van der Waals surface area contributed by atoms with Gasteiger partial charge < -0.3 is 9.64 Å². The Bertz CT molecular complexity index is 1240. The fourth-order valence-electron chi connectivity index (χ4n) is 5.94. The molecule has 1 saturated heterocycles. The minimum absolute atomic E-state index is 0.142. The summed E-state index contributed by atoms with van der Waals surface area (Å²) in [6, 6.07) is 10.5.